The van der Waals surface area contributed by atoms with E-state index in [4.69, 9.17) is 5.73 Å². The largest absolute Gasteiger partial charge is 0.353 e. The van der Waals surface area contributed by atoms with Crippen molar-refractivity contribution < 1.29 is 0 Å². The molecule has 1 atom stereocenters. The van der Waals surface area contributed by atoms with Gasteiger partial charge in [-0.1, -0.05) is 18.2 Å². The molecule has 1 unspecified atom stereocenters. The molecule has 3 aromatic rings. The first-order valence-electron chi connectivity index (χ1n) is 6.40. The summed E-state index contributed by atoms with van der Waals surface area (Å²) < 4.78 is 2.06. The molecular weight excluding hydrogens is 234 g/mol. The number of nitrogens with two attached hydrogens (primary N) is 1. The highest BCUT2D eigenvalue weighted by molar-refractivity contribution is 5.83. The van der Waals surface area contributed by atoms with Crippen LogP contribution in [0.2, 0.25) is 0 Å². The Morgan fingerprint density at radius 3 is 2.68 bits per heavy atom. The van der Waals surface area contributed by atoms with Crippen LogP contribution in [-0.4, -0.2) is 9.55 Å². The Labute approximate surface area is 112 Å². The average molecular weight is 251 g/mol. The first kappa shape index (κ1) is 11.9. The monoisotopic (exact) mass is 251 g/mol. The van der Waals surface area contributed by atoms with Gasteiger partial charge < -0.3 is 10.3 Å². The molecule has 0 aliphatic carbocycles. The zero-order valence-corrected chi connectivity index (χ0v) is 11.2. The van der Waals surface area contributed by atoms with Crippen molar-refractivity contribution in [3.05, 3.63) is 65.6 Å². The van der Waals surface area contributed by atoms with E-state index in [1.807, 2.05) is 44.4 Å². The summed E-state index contributed by atoms with van der Waals surface area (Å²) in [4.78, 5) is 4.56. The van der Waals surface area contributed by atoms with E-state index >= 15 is 0 Å². The summed E-state index contributed by atoms with van der Waals surface area (Å²) in [6.07, 6.45) is 2.02. The van der Waals surface area contributed by atoms with Crippen molar-refractivity contribution in [2.24, 2.45) is 12.8 Å². The number of aromatic nitrogens is 2. The highest BCUT2D eigenvalue weighted by atomic mass is 15.0. The summed E-state index contributed by atoms with van der Waals surface area (Å²) in [6.45, 7) is 2.01. The summed E-state index contributed by atoms with van der Waals surface area (Å²) in [6, 6.07) is 14.2. The first-order chi connectivity index (χ1) is 9.16. The fourth-order valence-electron chi connectivity index (χ4n) is 2.55. The molecule has 0 bridgehead atoms. The van der Waals surface area contributed by atoms with Crippen molar-refractivity contribution in [2.75, 3.05) is 0 Å². The number of pyridine rings is 1. The molecule has 2 aromatic heterocycles. The number of para-hydroxylation sites is 1. The van der Waals surface area contributed by atoms with E-state index in [9.17, 15) is 0 Å². The number of benzene rings is 1. The van der Waals surface area contributed by atoms with Gasteiger partial charge in [-0.2, -0.15) is 0 Å². The molecule has 0 radical (unpaired) electrons. The maximum Gasteiger partial charge on any atom is 0.0713 e. The maximum absolute atomic E-state index is 6.45. The van der Waals surface area contributed by atoms with E-state index in [1.54, 1.807) is 0 Å². The van der Waals surface area contributed by atoms with E-state index in [2.05, 4.69) is 27.8 Å². The third-order valence-electron chi connectivity index (χ3n) is 3.51. The average Bonchev–Trinajstić information content (AvgIpc) is 2.83. The van der Waals surface area contributed by atoms with Gasteiger partial charge in [0, 0.05) is 30.0 Å². The highest BCUT2D eigenvalue weighted by Crippen LogP contribution is 2.27. The number of nitrogens with zero attached hydrogens (tertiary/aromatic N) is 2. The van der Waals surface area contributed by atoms with E-state index < -0.39 is 0 Å². The van der Waals surface area contributed by atoms with Gasteiger partial charge in [-0.05, 0) is 36.8 Å². The molecule has 1 aromatic carbocycles. The first-order valence-corrected chi connectivity index (χ1v) is 6.40. The SMILES string of the molecule is Cc1cc(C(N)c2cccn2C)c2ccccc2n1. The van der Waals surface area contributed by atoms with Gasteiger partial charge in [-0.25, -0.2) is 0 Å². The number of rotatable bonds is 2. The van der Waals surface area contributed by atoms with Crippen LogP contribution in [0.4, 0.5) is 0 Å². The van der Waals surface area contributed by atoms with E-state index in [-0.39, 0.29) is 6.04 Å². The lowest BCUT2D eigenvalue weighted by Gasteiger charge is -2.16. The Hall–Kier alpha value is -2.13. The summed E-state index contributed by atoms with van der Waals surface area (Å²) in [7, 11) is 2.02. The number of aryl methyl sites for hydroxylation is 2. The molecule has 0 saturated carbocycles. The van der Waals surface area contributed by atoms with Crippen LogP contribution in [0.25, 0.3) is 10.9 Å². The molecule has 0 fully saturated rings. The molecule has 0 aliphatic heterocycles. The van der Waals surface area contributed by atoms with Gasteiger partial charge in [-0.3, -0.25) is 4.98 Å². The van der Waals surface area contributed by atoms with Crippen LogP contribution >= 0.6 is 0 Å². The van der Waals surface area contributed by atoms with Crippen LogP contribution in [0.5, 0.6) is 0 Å². The van der Waals surface area contributed by atoms with E-state index in [0.29, 0.717) is 0 Å². The zero-order valence-electron chi connectivity index (χ0n) is 11.2. The second-order valence-electron chi connectivity index (χ2n) is 4.89. The third kappa shape index (κ3) is 2.02. The summed E-state index contributed by atoms with van der Waals surface area (Å²) >= 11 is 0. The fourth-order valence-corrected chi connectivity index (χ4v) is 2.55. The van der Waals surface area contributed by atoms with Crippen molar-refractivity contribution in [1.82, 2.24) is 9.55 Å². The Morgan fingerprint density at radius 2 is 1.95 bits per heavy atom. The molecule has 96 valence electrons. The van der Waals surface area contributed by atoms with Gasteiger partial charge in [0.05, 0.1) is 11.6 Å². The van der Waals surface area contributed by atoms with Gasteiger partial charge in [-0.15, -0.1) is 0 Å². The van der Waals surface area contributed by atoms with Gasteiger partial charge in [0.1, 0.15) is 0 Å². The van der Waals surface area contributed by atoms with Crippen LogP contribution in [-0.2, 0) is 7.05 Å². The molecule has 0 amide bonds. The molecule has 3 heteroatoms. The van der Waals surface area contributed by atoms with Crippen molar-refractivity contribution in [3.63, 3.8) is 0 Å². The minimum atomic E-state index is -0.133. The van der Waals surface area contributed by atoms with Crippen LogP contribution in [0.15, 0.2) is 48.7 Å². The Balaban J connectivity index is 2.22. The summed E-state index contributed by atoms with van der Waals surface area (Å²) in [5, 5.41) is 1.13. The molecular formula is C16H17N3. The van der Waals surface area contributed by atoms with Crippen LogP contribution in [0.3, 0.4) is 0 Å². The molecule has 3 rings (SSSR count). The molecule has 0 spiro atoms. The van der Waals surface area contributed by atoms with Gasteiger partial charge >= 0.3 is 0 Å². The minimum Gasteiger partial charge on any atom is -0.353 e. The van der Waals surface area contributed by atoms with E-state index in [1.165, 1.54) is 0 Å². The molecule has 2 N–H and O–H groups in total. The summed E-state index contributed by atoms with van der Waals surface area (Å²) in [5.74, 6) is 0. The standard InChI is InChI=1S/C16H17N3/c1-11-10-13(12-6-3-4-7-14(12)18-11)16(17)15-8-5-9-19(15)2/h3-10,16H,17H2,1-2H3. The van der Waals surface area contributed by atoms with E-state index in [0.717, 1.165) is 27.9 Å². The van der Waals surface area contributed by atoms with Gasteiger partial charge in [0.25, 0.3) is 0 Å². The van der Waals surface area contributed by atoms with Gasteiger partial charge in [0.2, 0.25) is 0 Å². The smallest absolute Gasteiger partial charge is 0.0713 e. The quantitative estimate of drug-likeness (QED) is 0.761. The number of fused-ring (bicyclic) bond motifs is 1. The predicted molar refractivity (Wildman–Crippen MR) is 77.9 cm³/mol. The normalized spacial score (nSPS) is 12.8. The lowest BCUT2D eigenvalue weighted by molar-refractivity contribution is 0.749. The fraction of sp³-hybridized carbons (Fsp3) is 0.188. The topological polar surface area (TPSA) is 43.8 Å². The van der Waals surface area contributed by atoms with Gasteiger partial charge in [0.15, 0.2) is 0 Å². The molecule has 0 saturated heterocycles. The lowest BCUT2D eigenvalue weighted by Crippen LogP contribution is -2.16. The molecule has 0 aliphatic rings. The maximum atomic E-state index is 6.45. The predicted octanol–water partition coefficient (Wildman–Crippen LogP) is 2.93. The highest BCUT2D eigenvalue weighted by Gasteiger charge is 2.15. The third-order valence-corrected chi connectivity index (χ3v) is 3.51. The molecule has 2 heterocycles. The Morgan fingerprint density at radius 1 is 1.16 bits per heavy atom. The molecule has 19 heavy (non-hydrogen) atoms. The van der Waals surface area contributed by atoms with Crippen LogP contribution in [0.1, 0.15) is 23.0 Å². The second-order valence-corrected chi connectivity index (χ2v) is 4.89. The summed E-state index contributed by atoms with van der Waals surface area (Å²) in [5.41, 5.74) is 10.7. The molecule has 3 nitrogen and oxygen atoms in total. The van der Waals surface area contributed by atoms with Crippen LogP contribution in [0, 0.1) is 6.92 Å². The Kier molecular flexibility index (Phi) is 2.84. The van der Waals surface area contributed by atoms with Crippen molar-refractivity contribution in [1.29, 1.82) is 0 Å². The lowest BCUT2D eigenvalue weighted by atomic mass is 9.99. The van der Waals surface area contributed by atoms with Crippen molar-refractivity contribution in [2.45, 2.75) is 13.0 Å². The Bertz CT molecular complexity index is 728. The van der Waals surface area contributed by atoms with Crippen LogP contribution < -0.4 is 5.73 Å². The number of hydrogen-bond acceptors (Lipinski definition) is 2. The zero-order chi connectivity index (χ0) is 13.4. The van der Waals surface area contributed by atoms with Crippen molar-refractivity contribution >= 4 is 10.9 Å². The number of hydrogen-bond donors (Lipinski definition) is 1. The second kappa shape index (κ2) is 4.52. The van der Waals surface area contributed by atoms with Crippen molar-refractivity contribution in [3.8, 4) is 0 Å². The minimum absolute atomic E-state index is 0.133.